The molecule has 0 aliphatic rings. The molecule has 2 nitrogen and oxygen atoms in total. The molecule has 0 spiro atoms. The van der Waals surface area contributed by atoms with Crippen molar-refractivity contribution in [2.24, 2.45) is 5.84 Å². The molecule has 1 atom stereocenters. The average Bonchev–Trinajstić information content (AvgIpc) is 2.33. The van der Waals surface area contributed by atoms with Gasteiger partial charge in [-0.1, -0.05) is 46.4 Å². The second-order valence-electron chi connectivity index (χ2n) is 3.97. The van der Waals surface area contributed by atoms with Crippen LogP contribution in [0, 0.1) is 0 Å². The van der Waals surface area contributed by atoms with E-state index in [-0.39, 0.29) is 6.04 Å². The summed E-state index contributed by atoms with van der Waals surface area (Å²) in [5, 5.41) is 2.19. The van der Waals surface area contributed by atoms with Crippen LogP contribution in [0.25, 0.3) is 0 Å². The van der Waals surface area contributed by atoms with E-state index in [1.165, 1.54) is 0 Å². The largest absolute Gasteiger partial charge is 0.271 e. The summed E-state index contributed by atoms with van der Waals surface area (Å²) in [5.41, 5.74) is 4.27. The number of benzene rings is 2. The molecule has 0 heterocycles. The van der Waals surface area contributed by atoms with E-state index in [9.17, 15) is 0 Å². The van der Waals surface area contributed by atoms with E-state index in [0.717, 1.165) is 11.1 Å². The van der Waals surface area contributed by atoms with Gasteiger partial charge in [-0.05, 0) is 47.5 Å². The SMILES string of the molecule is NNC(c1cc(Cl)cc(Cl)c1)c1cc(Cl)ccc1Cl. The number of hydrogen-bond acceptors (Lipinski definition) is 2. The first-order valence-corrected chi connectivity index (χ1v) is 6.89. The molecule has 2 rings (SSSR count). The highest BCUT2D eigenvalue weighted by Crippen LogP contribution is 2.32. The molecule has 100 valence electrons. The fourth-order valence-corrected chi connectivity index (χ4v) is 2.79. The normalized spacial score (nSPS) is 12.5. The van der Waals surface area contributed by atoms with Crippen molar-refractivity contribution in [3.8, 4) is 0 Å². The van der Waals surface area contributed by atoms with E-state index in [1.54, 1.807) is 36.4 Å². The van der Waals surface area contributed by atoms with E-state index in [0.29, 0.717) is 20.1 Å². The summed E-state index contributed by atoms with van der Waals surface area (Å²) in [6.07, 6.45) is 0. The molecule has 2 aromatic carbocycles. The molecule has 6 heteroatoms. The van der Waals surface area contributed by atoms with Crippen LogP contribution in [0.4, 0.5) is 0 Å². The Balaban J connectivity index is 2.52. The molecule has 0 aliphatic heterocycles. The van der Waals surface area contributed by atoms with Gasteiger partial charge >= 0.3 is 0 Å². The Hall–Kier alpha value is -0.480. The molecule has 2 aromatic rings. The van der Waals surface area contributed by atoms with Gasteiger partial charge in [-0.3, -0.25) is 5.84 Å². The van der Waals surface area contributed by atoms with E-state index in [1.807, 2.05) is 0 Å². The maximum atomic E-state index is 6.18. The quantitative estimate of drug-likeness (QED) is 0.621. The Labute approximate surface area is 131 Å². The highest BCUT2D eigenvalue weighted by atomic mass is 35.5. The second-order valence-corrected chi connectivity index (χ2v) is 5.68. The van der Waals surface area contributed by atoms with Crippen LogP contribution >= 0.6 is 46.4 Å². The zero-order chi connectivity index (χ0) is 14.0. The van der Waals surface area contributed by atoms with Gasteiger partial charge in [-0.15, -0.1) is 0 Å². The third kappa shape index (κ3) is 3.54. The van der Waals surface area contributed by atoms with Crippen LogP contribution in [0.3, 0.4) is 0 Å². The van der Waals surface area contributed by atoms with E-state index in [4.69, 9.17) is 52.2 Å². The highest BCUT2D eigenvalue weighted by Gasteiger charge is 2.17. The van der Waals surface area contributed by atoms with Gasteiger partial charge in [-0.25, -0.2) is 5.43 Å². The minimum absolute atomic E-state index is 0.345. The first-order valence-electron chi connectivity index (χ1n) is 5.38. The summed E-state index contributed by atoms with van der Waals surface area (Å²) in [4.78, 5) is 0. The highest BCUT2D eigenvalue weighted by molar-refractivity contribution is 6.35. The zero-order valence-corrected chi connectivity index (χ0v) is 12.7. The van der Waals surface area contributed by atoms with Crippen molar-refractivity contribution in [2.45, 2.75) is 6.04 Å². The van der Waals surface area contributed by atoms with Gasteiger partial charge in [0, 0.05) is 20.1 Å². The fourth-order valence-electron chi connectivity index (χ4n) is 1.84. The van der Waals surface area contributed by atoms with Crippen molar-refractivity contribution in [1.82, 2.24) is 5.43 Å². The lowest BCUT2D eigenvalue weighted by Gasteiger charge is -2.19. The van der Waals surface area contributed by atoms with E-state index in [2.05, 4.69) is 5.43 Å². The summed E-state index contributed by atoms with van der Waals surface area (Å²) in [5.74, 6) is 5.62. The average molecular weight is 336 g/mol. The molecule has 3 N–H and O–H groups in total. The van der Waals surface area contributed by atoms with Crippen LogP contribution in [0.1, 0.15) is 17.2 Å². The van der Waals surface area contributed by atoms with E-state index >= 15 is 0 Å². The number of hydrazine groups is 1. The number of nitrogens with two attached hydrogens (primary N) is 1. The molecular weight excluding hydrogens is 326 g/mol. The molecule has 0 fully saturated rings. The van der Waals surface area contributed by atoms with Gasteiger partial charge in [0.05, 0.1) is 6.04 Å². The van der Waals surface area contributed by atoms with Gasteiger partial charge in [0.1, 0.15) is 0 Å². The molecule has 0 aromatic heterocycles. The van der Waals surface area contributed by atoms with Crippen molar-refractivity contribution < 1.29 is 0 Å². The topological polar surface area (TPSA) is 38.0 Å². The van der Waals surface area contributed by atoms with Crippen LogP contribution in [0.5, 0.6) is 0 Å². The minimum Gasteiger partial charge on any atom is -0.271 e. The molecule has 1 unspecified atom stereocenters. The van der Waals surface area contributed by atoms with Crippen LogP contribution in [-0.2, 0) is 0 Å². The predicted molar refractivity (Wildman–Crippen MR) is 82.1 cm³/mol. The van der Waals surface area contributed by atoms with Crippen molar-refractivity contribution in [1.29, 1.82) is 0 Å². The summed E-state index contributed by atoms with van der Waals surface area (Å²) in [6.45, 7) is 0. The van der Waals surface area contributed by atoms with Crippen molar-refractivity contribution in [3.05, 3.63) is 67.6 Å². The Bertz CT molecular complexity index is 581. The summed E-state index contributed by atoms with van der Waals surface area (Å²) in [7, 11) is 0. The third-order valence-corrected chi connectivity index (χ3v) is 3.67. The fraction of sp³-hybridized carbons (Fsp3) is 0.0769. The molecule has 19 heavy (non-hydrogen) atoms. The molecule has 0 bridgehead atoms. The van der Waals surface area contributed by atoms with Gasteiger partial charge in [0.25, 0.3) is 0 Å². The molecule has 0 radical (unpaired) electrons. The maximum absolute atomic E-state index is 6.18. The van der Waals surface area contributed by atoms with Crippen LogP contribution in [0.2, 0.25) is 20.1 Å². The van der Waals surface area contributed by atoms with Crippen LogP contribution < -0.4 is 11.3 Å². The van der Waals surface area contributed by atoms with Gasteiger partial charge in [0.15, 0.2) is 0 Å². The molecule has 0 saturated carbocycles. The Morgan fingerprint density at radius 2 is 1.47 bits per heavy atom. The summed E-state index contributed by atoms with van der Waals surface area (Å²) in [6, 6.07) is 10.0. The first kappa shape index (κ1) is 14.9. The van der Waals surface area contributed by atoms with Gasteiger partial charge in [-0.2, -0.15) is 0 Å². The number of rotatable bonds is 3. The standard InChI is InChI=1S/C13H10Cl4N2/c14-8-1-2-12(17)11(6-8)13(19-18)7-3-9(15)5-10(16)4-7/h1-6,13,19H,18H2. The number of nitrogens with one attached hydrogen (secondary N) is 1. The second kappa shape index (κ2) is 6.31. The smallest absolute Gasteiger partial charge is 0.0726 e. The van der Waals surface area contributed by atoms with Crippen LogP contribution in [0.15, 0.2) is 36.4 Å². The lowest BCUT2D eigenvalue weighted by molar-refractivity contribution is 0.637. The van der Waals surface area contributed by atoms with Crippen molar-refractivity contribution >= 4 is 46.4 Å². The van der Waals surface area contributed by atoms with E-state index < -0.39 is 0 Å². The summed E-state index contributed by atoms with van der Waals surface area (Å²) < 4.78 is 0. The minimum atomic E-state index is -0.345. The zero-order valence-electron chi connectivity index (χ0n) is 9.63. The Kier molecular flexibility index (Phi) is 4.96. The summed E-state index contributed by atoms with van der Waals surface area (Å²) >= 11 is 24.2. The van der Waals surface area contributed by atoms with Crippen LogP contribution in [-0.4, -0.2) is 0 Å². The lowest BCUT2D eigenvalue weighted by atomic mass is 9.99. The third-order valence-electron chi connectivity index (χ3n) is 2.65. The van der Waals surface area contributed by atoms with Crippen molar-refractivity contribution in [3.63, 3.8) is 0 Å². The Morgan fingerprint density at radius 1 is 0.842 bits per heavy atom. The molecular formula is C13H10Cl4N2. The molecule has 0 amide bonds. The molecule has 0 aliphatic carbocycles. The number of halogens is 4. The van der Waals surface area contributed by atoms with Crippen molar-refractivity contribution in [2.75, 3.05) is 0 Å². The number of hydrogen-bond donors (Lipinski definition) is 2. The first-order chi connectivity index (χ1) is 9.01. The Morgan fingerprint density at radius 3 is 2.05 bits per heavy atom. The predicted octanol–water partition coefficient (Wildman–Crippen LogP) is 4.85. The lowest BCUT2D eigenvalue weighted by Crippen LogP contribution is -2.29. The maximum Gasteiger partial charge on any atom is 0.0726 e. The van der Waals surface area contributed by atoms with Gasteiger partial charge in [0.2, 0.25) is 0 Å². The monoisotopic (exact) mass is 334 g/mol. The van der Waals surface area contributed by atoms with Gasteiger partial charge < -0.3 is 0 Å². The molecule has 0 saturated heterocycles.